The molecule has 0 aromatic heterocycles. The minimum atomic E-state index is 0.447. The maximum atomic E-state index is 5.89. The predicted octanol–water partition coefficient (Wildman–Crippen LogP) is 4.15. The van der Waals surface area contributed by atoms with Crippen molar-refractivity contribution in [1.29, 1.82) is 0 Å². The maximum absolute atomic E-state index is 5.89. The smallest absolute Gasteiger partial charge is 0.121 e. The largest absolute Gasteiger partial charge is 0.489 e. The molecule has 2 aromatic carbocycles. The normalized spacial score (nSPS) is 10.2. The molecule has 0 heterocycles. The second kappa shape index (κ2) is 5.30. The summed E-state index contributed by atoms with van der Waals surface area (Å²) in [6.07, 6.45) is 0. The van der Waals surface area contributed by atoms with Gasteiger partial charge in [-0.1, -0.05) is 35.3 Å². The first-order valence-electron chi connectivity index (χ1n) is 5.07. The standard InChI is InChI=1S/C13H11Cl2NO/c14-12-5-4-11(7-13(12)15)17-8-9-2-1-3-10(16)6-9/h1-7H,8,16H2. The molecule has 0 unspecified atom stereocenters. The highest BCUT2D eigenvalue weighted by Gasteiger charge is 2.01. The van der Waals surface area contributed by atoms with E-state index >= 15 is 0 Å². The molecule has 2 aromatic rings. The maximum Gasteiger partial charge on any atom is 0.121 e. The van der Waals surface area contributed by atoms with Gasteiger partial charge >= 0.3 is 0 Å². The van der Waals surface area contributed by atoms with Crippen molar-refractivity contribution in [3.8, 4) is 5.75 Å². The quantitative estimate of drug-likeness (QED) is 0.848. The molecule has 2 nitrogen and oxygen atoms in total. The van der Waals surface area contributed by atoms with Gasteiger partial charge in [0.25, 0.3) is 0 Å². The first-order chi connectivity index (χ1) is 8.15. The molecular weight excluding hydrogens is 257 g/mol. The van der Waals surface area contributed by atoms with Gasteiger partial charge in [-0.25, -0.2) is 0 Å². The minimum absolute atomic E-state index is 0.447. The summed E-state index contributed by atoms with van der Waals surface area (Å²) in [6.45, 7) is 0.447. The van der Waals surface area contributed by atoms with Crippen LogP contribution in [0.3, 0.4) is 0 Å². The van der Waals surface area contributed by atoms with Crippen LogP contribution >= 0.6 is 23.2 Å². The number of nitrogens with two attached hydrogens (primary N) is 1. The van der Waals surface area contributed by atoms with Crippen LogP contribution in [-0.2, 0) is 6.61 Å². The van der Waals surface area contributed by atoms with Crippen molar-refractivity contribution >= 4 is 28.9 Å². The zero-order chi connectivity index (χ0) is 12.3. The molecule has 0 radical (unpaired) electrons. The first kappa shape index (κ1) is 12.1. The van der Waals surface area contributed by atoms with Crippen molar-refractivity contribution in [2.45, 2.75) is 6.61 Å². The Bertz CT molecular complexity index is 529. The van der Waals surface area contributed by atoms with Gasteiger partial charge in [0.15, 0.2) is 0 Å². The number of anilines is 1. The Morgan fingerprint density at radius 3 is 2.53 bits per heavy atom. The first-order valence-corrected chi connectivity index (χ1v) is 5.83. The zero-order valence-corrected chi connectivity index (χ0v) is 10.5. The average molecular weight is 268 g/mol. The molecule has 0 spiro atoms. The van der Waals surface area contributed by atoms with E-state index in [4.69, 9.17) is 33.7 Å². The van der Waals surface area contributed by atoms with Crippen LogP contribution in [0.2, 0.25) is 10.0 Å². The van der Waals surface area contributed by atoms with Crippen molar-refractivity contribution < 1.29 is 4.74 Å². The second-order valence-corrected chi connectivity index (χ2v) is 4.42. The fraction of sp³-hybridized carbons (Fsp3) is 0.0769. The number of benzene rings is 2. The Morgan fingerprint density at radius 2 is 1.82 bits per heavy atom. The van der Waals surface area contributed by atoms with Crippen molar-refractivity contribution in [2.75, 3.05) is 5.73 Å². The van der Waals surface area contributed by atoms with Gasteiger partial charge in [0.2, 0.25) is 0 Å². The van der Waals surface area contributed by atoms with Crippen molar-refractivity contribution in [3.05, 3.63) is 58.1 Å². The summed E-state index contributed by atoms with van der Waals surface area (Å²) < 4.78 is 5.58. The Kier molecular flexibility index (Phi) is 3.77. The fourth-order valence-electron chi connectivity index (χ4n) is 1.42. The van der Waals surface area contributed by atoms with Crippen LogP contribution in [0.5, 0.6) is 5.75 Å². The topological polar surface area (TPSA) is 35.2 Å². The molecule has 0 bridgehead atoms. The summed E-state index contributed by atoms with van der Waals surface area (Å²) in [6, 6.07) is 12.7. The van der Waals surface area contributed by atoms with E-state index in [1.807, 2.05) is 24.3 Å². The molecule has 0 fully saturated rings. The van der Waals surface area contributed by atoms with Crippen molar-refractivity contribution in [1.82, 2.24) is 0 Å². The minimum Gasteiger partial charge on any atom is -0.489 e. The van der Waals surface area contributed by atoms with E-state index in [1.54, 1.807) is 18.2 Å². The molecule has 0 aliphatic heterocycles. The highest BCUT2D eigenvalue weighted by Crippen LogP contribution is 2.26. The van der Waals surface area contributed by atoms with E-state index in [0.717, 1.165) is 11.3 Å². The molecule has 0 atom stereocenters. The molecule has 0 saturated carbocycles. The summed E-state index contributed by atoms with van der Waals surface area (Å²) >= 11 is 11.7. The lowest BCUT2D eigenvalue weighted by atomic mass is 10.2. The summed E-state index contributed by atoms with van der Waals surface area (Å²) in [5.74, 6) is 0.682. The Labute approximate surface area is 110 Å². The predicted molar refractivity (Wildman–Crippen MR) is 71.6 cm³/mol. The fourth-order valence-corrected chi connectivity index (χ4v) is 1.70. The van der Waals surface area contributed by atoms with Crippen LogP contribution in [0.25, 0.3) is 0 Å². The van der Waals surface area contributed by atoms with E-state index in [1.165, 1.54) is 0 Å². The molecule has 0 amide bonds. The molecule has 0 saturated heterocycles. The molecular formula is C13H11Cl2NO. The average Bonchev–Trinajstić information content (AvgIpc) is 2.31. The molecule has 0 aliphatic carbocycles. The van der Waals surface area contributed by atoms with Gasteiger partial charge in [-0.2, -0.15) is 0 Å². The van der Waals surface area contributed by atoms with E-state index in [-0.39, 0.29) is 0 Å². The van der Waals surface area contributed by atoms with E-state index in [9.17, 15) is 0 Å². The molecule has 2 N–H and O–H groups in total. The Morgan fingerprint density at radius 1 is 1.00 bits per heavy atom. The third kappa shape index (κ3) is 3.29. The van der Waals surface area contributed by atoms with E-state index < -0.39 is 0 Å². The number of rotatable bonds is 3. The summed E-state index contributed by atoms with van der Waals surface area (Å²) in [5.41, 5.74) is 7.41. The summed E-state index contributed by atoms with van der Waals surface area (Å²) in [7, 11) is 0. The van der Waals surface area contributed by atoms with Crippen LogP contribution in [0.1, 0.15) is 5.56 Å². The SMILES string of the molecule is Nc1cccc(COc2ccc(Cl)c(Cl)c2)c1. The lowest BCUT2D eigenvalue weighted by Crippen LogP contribution is -1.96. The molecule has 17 heavy (non-hydrogen) atoms. The molecule has 4 heteroatoms. The summed E-state index contributed by atoms with van der Waals surface area (Å²) in [5, 5.41) is 1.000. The summed E-state index contributed by atoms with van der Waals surface area (Å²) in [4.78, 5) is 0. The van der Waals surface area contributed by atoms with Crippen LogP contribution in [0, 0.1) is 0 Å². The van der Waals surface area contributed by atoms with Gasteiger partial charge in [0.05, 0.1) is 10.0 Å². The number of halogens is 2. The van der Waals surface area contributed by atoms with Crippen LogP contribution in [-0.4, -0.2) is 0 Å². The van der Waals surface area contributed by atoms with Gasteiger partial charge < -0.3 is 10.5 Å². The van der Waals surface area contributed by atoms with Gasteiger partial charge in [-0.15, -0.1) is 0 Å². The molecule has 2 rings (SSSR count). The van der Waals surface area contributed by atoms with Crippen LogP contribution in [0.15, 0.2) is 42.5 Å². The van der Waals surface area contributed by atoms with Gasteiger partial charge in [-0.05, 0) is 29.8 Å². The third-order valence-corrected chi connectivity index (χ3v) is 2.99. The van der Waals surface area contributed by atoms with Crippen LogP contribution in [0.4, 0.5) is 5.69 Å². The van der Waals surface area contributed by atoms with Crippen LogP contribution < -0.4 is 10.5 Å². The number of ether oxygens (including phenoxy) is 1. The monoisotopic (exact) mass is 267 g/mol. The van der Waals surface area contributed by atoms with Crippen molar-refractivity contribution in [2.24, 2.45) is 0 Å². The third-order valence-electron chi connectivity index (χ3n) is 2.25. The van der Waals surface area contributed by atoms with Gasteiger partial charge in [-0.3, -0.25) is 0 Å². The lowest BCUT2D eigenvalue weighted by Gasteiger charge is -2.07. The number of hydrogen-bond donors (Lipinski definition) is 1. The second-order valence-electron chi connectivity index (χ2n) is 3.61. The zero-order valence-electron chi connectivity index (χ0n) is 8.99. The lowest BCUT2D eigenvalue weighted by molar-refractivity contribution is 0.306. The van der Waals surface area contributed by atoms with Gasteiger partial charge in [0, 0.05) is 11.8 Å². The number of nitrogen functional groups attached to an aromatic ring is 1. The Hall–Kier alpha value is -1.38. The number of hydrogen-bond acceptors (Lipinski definition) is 2. The van der Waals surface area contributed by atoms with Gasteiger partial charge in [0.1, 0.15) is 12.4 Å². The molecule has 0 aliphatic rings. The Balaban J connectivity index is 2.05. The highest BCUT2D eigenvalue weighted by molar-refractivity contribution is 6.42. The van der Waals surface area contributed by atoms with E-state index in [0.29, 0.717) is 22.4 Å². The molecule has 88 valence electrons. The van der Waals surface area contributed by atoms with E-state index in [2.05, 4.69) is 0 Å². The van der Waals surface area contributed by atoms with Crippen molar-refractivity contribution in [3.63, 3.8) is 0 Å². The highest BCUT2D eigenvalue weighted by atomic mass is 35.5.